The van der Waals surface area contributed by atoms with Gasteiger partial charge in [0.1, 0.15) is 28.0 Å². The second-order valence-corrected chi connectivity index (χ2v) is 9.31. The maximum Gasteiger partial charge on any atom is 0.439 e. The monoisotopic (exact) mass is 520 g/mol. The molecule has 0 spiro atoms. The van der Waals surface area contributed by atoms with E-state index >= 15 is 0 Å². The number of hydrogen-bond donors (Lipinski definition) is 2. The number of benzene rings is 2. The number of nitrogens with zero attached hydrogens (tertiary/aromatic N) is 2. The Morgan fingerprint density at radius 1 is 1.08 bits per heavy atom. The van der Waals surface area contributed by atoms with E-state index < -0.39 is 11.8 Å². The number of pyridine rings is 1. The summed E-state index contributed by atoms with van der Waals surface area (Å²) in [6.45, 7) is 7.13. The van der Waals surface area contributed by atoms with Crippen molar-refractivity contribution in [1.29, 1.82) is 0 Å². The Morgan fingerprint density at radius 3 is 2.57 bits per heavy atom. The smallest absolute Gasteiger partial charge is 0.439 e. The molecule has 0 amide bonds. The Morgan fingerprint density at radius 2 is 1.86 bits per heavy atom. The van der Waals surface area contributed by atoms with Crippen molar-refractivity contribution in [3.05, 3.63) is 96.5 Å². The molecule has 0 aliphatic rings. The first-order valence-electron chi connectivity index (χ1n) is 11.5. The first-order valence-corrected chi connectivity index (χ1v) is 11.8. The lowest BCUT2D eigenvalue weighted by atomic mass is 9.98. The zero-order valence-corrected chi connectivity index (χ0v) is 21.2. The van der Waals surface area contributed by atoms with Crippen molar-refractivity contribution in [3.8, 4) is 22.8 Å². The van der Waals surface area contributed by atoms with Crippen LogP contribution in [0.15, 0.2) is 61.0 Å². The van der Waals surface area contributed by atoms with E-state index in [0.717, 1.165) is 5.56 Å². The summed E-state index contributed by atoms with van der Waals surface area (Å²) in [7, 11) is 0. The minimum atomic E-state index is -0.724. The predicted molar refractivity (Wildman–Crippen MR) is 139 cm³/mol. The van der Waals surface area contributed by atoms with Crippen molar-refractivity contribution in [2.45, 2.75) is 33.7 Å². The number of hydrogen-bond acceptors (Lipinski definition) is 7. The van der Waals surface area contributed by atoms with Gasteiger partial charge in [-0.05, 0) is 63.1 Å². The third-order valence-corrected chi connectivity index (χ3v) is 6.40. The van der Waals surface area contributed by atoms with Crippen molar-refractivity contribution < 1.29 is 13.3 Å². The third kappa shape index (κ3) is 4.53. The van der Waals surface area contributed by atoms with Gasteiger partial charge in [-0.1, -0.05) is 35.0 Å². The van der Waals surface area contributed by atoms with Gasteiger partial charge < -0.3 is 9.73 Å². The van der Waals surface area contributed by atoms with Crippen LogP contribution >= 0.6 is 11.6 Å². The Hall–Kier alpha value is -4.24. The molecule has 0 aliphatic heterocycles. The molecule has 1 atom stereocenters. The van der Waals surface area contributed by atoms with Crippen molar-refractivity contribution in [2.24, 2.45) is 0 Å². The fourth-order valence-corrected chi connectivity index (χ4v) is 4.42. The predicted octanol–water partition coefficient (Wildman–Crippen LogP) is 6.09. The lowest BCUT2D eigenvalue weighted by Gasteiger charge is -2.20. The maximum absolute atomic E-state index is 14.3. The molecule has 188 valence electrons. The van der Waals surface area contributed by atoms with Gasteiger partial charge in [0, 0.05) is 16.7 Å². The number of H-pyrrole nitrogens is 1. The maximum atomic E-state index is 14.3. The first-order chi connectivity index (χ1) is 17.6. The largest absolute Gasteiger partial charge is 0.455 e. The van der Waals surface area contributed by atoms with Gasteiger partial charge in [-0.15, -0.1) is 0 Å². The lowest BCUT2D eigenvalue weighted by Crippen LogP contribution is -2.13. The van der Waals surface area contributed by atoms with Crippen LogP contribution in [0.2, 0.25) is 5.15 Å². The fraction of sp³-hybridized carbons (Fsp3) is 0.185. The summed E-state index contributed by atoms with van der Waals surface area (Å²) in [6.07, 6.45) is 0. The molecule has 0 radical (unpaired) electrons. The summed E-state index contributed by atoms with van der Waals surface area (Å²) in [5, 5.41) is 7.69. The van der Waals surface area contributed by atoms with E-state index in [-0.39, 0.29) is 27.9 Å². The molecule has 2 N–H and O–H groups in total. The van der Waals surface area contributed by atoms with Crippen LogP contribution in [0.1, 0.15) is 35.2 Å². The van der Waals surface area contributed by atoms with Crippen LogP contribution in [0.4, 0.5) is 10.1 Å². The van der Waals surface area contributed by atoms with Crippen LogP contribution < -0.4 is 16.5 Å². The van der Waals surface area contributed by atoms with Crippen LogP contribution in [-0.2, 0) is 0 Å². The highest BCUT2D eigenvalue weighted by atomic mass is 35.5. The highest BCUT2D eigenvalue weighted by Crippen LogP contribution is 2.34. The first kappa shape index (κ1) is 24.5. The number of anilines is 1. The van der Waals surface area contributed by atoms with Gasteiger partial charge in [-0.25, -0.2) is 14.2 Å². The molecule has 0 saturated carbocycles. The van der Waals surface area contributed by atoms with Gasteiger partial charge in [0.05, 0.1) is 17.1 Å². The van der Waals surface area contributed by atoms with E-state index in [1.165, 1.54) is 6.07 Å². The van der Waals surface area contributed by atoms with Crippen molar-refractivity contribution in [3.63, 3.8) is 0 Å². The zero-order valence-electron chi connectivity index (χ0n) is 20.4. The van der Waals surface area contributed by atoms with E-state index in [1.807, 2.05) is 19.9 Å². The summed E-state index contributed by atoms with van der Waals surface area (Å²) in [6, 6.07) is 11.3. The van der Waals surface area contributed by atoms with Gasteiger partial charge in [0.15, 0.2) is 5.43 Å². The topological polar surface area (TPSA) is 114 Å². The Balaban J connectivity index is 1.65. The summed E-state index contributed by atoms with van der Waals surface area (Å²) in [5.74, 6) is -0.685. The average Bonchev–Trinajstić information content (AvgIpc) is 3.30. The van der Waals surface area contributed by atoms with E-state index in [1.54, 1.807) is 44.2 Å². The number of rotatable bonds is 5. The van der Waals surface area contributed by atoms with Crippen molar-refractivity contribution in [2.75, 3.05) is 5.32 Å². The van der Waals surface area contributed by atoms with Gasteiger partial charge >= 0.3 is 5.76 Å². The van der Waals surface area contributed by atoms with E-state index in [2.05, 4.69) is 25.0 Å². The summed E-state index contributed by atoms with van der Waals surface area (Å²) >= 11 is 6.09. The molecule has 2 aromatic carbocycles. The Labute approximate surface area is 215 Å². The molecular formula is C27H22ClFN4O4. The van der Waals surface area contributed by atoms with Crippen LogP contribution in [-0.4, -0.2) is 15.1 Å². The van der Waals surface area contributed by atoms with Crippen LogP contribution in [0.3, 0.4) is 0 Å². The fourth-order valence-electron chi connectivity index (χ4n) is 4.27. The molecule has 10 heteroatoms. The Kier molecular flexibility index (Phi) is 6.16. The number of aryl methyl sites for hydroxylation is 2. The number of aromatic amines is 1. The van der Waals surface area contributed by atoms with E-state index in [0.29, 0.717) is 44.7 Å². The van der Waals surface area contributed by atoms with Gasteiger partial charge in [-0.2, -0.15) is 0 Å². The number of aromatic nitrogens is 3. The Bertz CT molecular complexity index is 1790. The quantitative estimate of drug-likeness (QED) is 0.269. The van der Waals surface area contributed by atoms with Gasteiger partial charge in [0.25, 0.3) is 0 Å². The van der Waals surface area contributed by atoms with Crippen molar-refractivity contribution in [1.82, 2.24) is 15.1 Å². The summed E-state index contributed by atoms with van der Waals surface area (Å²) < 4.78 is 25.3. The molecule has 3 aromatic heterocycles. The van der Waals surface area contributed by atoms with Crippen LogP contribution in [0, 0.1) is 26.6 Å². The molecular weight excluding hydrogens is 499 g/mol. The lowest BCUT2D eigenvalue weighted by molar-refractivity contribution is 0.388. The normalized spacial score (nSPS) is 12.2. The zero-order chi connectivity index (χ0) is 26.4. The van der Waals surface area contributed by atoms with Crippen LogP contribution in [0.5, 0.6) is 0 Å². The second-order valence-electron chi connectivity index (χ2n) is 8.92. The number of nitrogens with one attached hydrogen (secondary N) is 2. The molecule has 0 aliphatic carbocycles. The molecule has 0 saturated heterocycles. The third-order valence-electron chi connectivity index (χ3n) is 6.19. The molecule has 5 rings (SSSR count). The minimum absolute atomic E-state index is 0.113. The highest BCUT2D eigenvalue weighted by Gasteiger charge is 2.21. The molecule has 8 nitrogen and oxygen atoms in total. The minimum Gasteiger partial charge on any atom is -0.455 e. The van der Waals surface area contributed by atoms with Crippen LogP contribution in [0.25, 0.3) is 33.8 Å². The standard InChI is InChI=1S/C27H22ClFN4O4/c1-12-9-17(15(4)30-20-7-8-21(28)31-22(20)26-32-27(35)37-33-26)25-18(10-12)23(34)14(3)24(36-25)16-6-5-13(2)19(29)11-16/h5-11,15,30H,1-4H3,(H,32,33,35)/t15-/m1/s1. The SMILES string of the molecule is Cc1cc([C@@H](C)Nc2ccc(Cl)nc2-c2noc(=O)[nH]2)c2oc(-c3ccc(C)c(F)c3)c(C)c(=O)c2c1. The summed E-state index contributed by atoms with van der Waals surface area (Å²) in [4.78, 5) is 31.6. The molecule has 5 aromatic rings. The van der Waals surface area contributed by atoms with E-state index in [9.17, 15) is 14.0 Å². The molecule has 3 heterocycles. The molecule has 37 heavy (non-hydrogen) atoms. The average molecular weight is 521 g/mol. The highest BCUT2D eigenvalue weighted by molar-refractivity contribution is 6.29. The number of fused-ring (bicyclic) bond motifs is 1. The van der Waals surface area contributed by atoms with Gasteiger partial charge in [0.2, 0.25) is 5.82 Å². The van der Waals surface area contributed by atoms with E-state index in [4.69, 9.17) is 16.0 Å². The summed E-state index contributed by atoms with van der Waals surface area (Å²) in [5.41, 5.74) is 3.95. The molecule has 0 fully saturated rings. The molecule has 0 unspecified atom stereocenters. The van der Waals surface area contributed by atoms with Gasteiger partial charge in [-0.3, -0.25) is 14.3 Å². The number of halogens is 2. The van der Waals surface area contributed by atoms with Crippen molar-refractivity contribution >= 4 is 28.3 Å². The molecule has 0 bridgehead atoms. The second kappa shape index (κ2) is 9.33.